The summed E-state index contributed by atoms with van der Waals surface area (Å²) in [5, 5.41) is 23.4. The second-order valence-electron chi connectivity index (χ2n) is 6.52. The van der Waals surface area contributed by atoms with Crippen LogP contribution in [0.3, 0.4) is 0 Å². The molecule has 0 aliphatic carbocycles. The highest BCUT2D eigenvalue weighted by Gasteiger charge is 2.39. The van der Waals surface area contributed by atoms with E-state index >= 15 is 0 Å². The van der Waals surface area contributed by atoms with Crippen molar-refractivity contribution in [3.8, 4) is 11.5 Å². The summed E-state index contributed by atoms with van der Waals surface area (Å²) in [4.78, 5) is 46.2. The van der Waals surface area contributed by atoms with Gasteiger partial charge in [0.15, 0.2) is 0 Å². The molecule has 0 amide bonds. The molecular weight excluding hydrogens is 384 g/mol. The lowest BCUT2D eigenvalue weighted by Gasteiger charge is -2.21. The number of nitrogens with zero attached hydrogens (tertiary/aromatic N) is 2. The Morgan fingerprint density at radius 2 is 1.62 bits per heavy atom. The average molecular weight is 392 g/mol. The van der Waals surface area contributed by atoms with Gasteiger partial charge in [0.2, 0.25) is 5.75 Å². The monoisotopic (exact) mass is 392 g/mol. The number of benzene rings is 3. The number of fused-ring (bicyclic) bond motifs is 6. The fourth-order valence-corrected chi connectivity index (χ4v) is 3.80. The molecule has 0 unspecified atom stereocenters. The van der Waals surface area contributed by atoms with Gasteiger partial charge >= 0.3 is 17.6 Å². The van der Waals surface area contributed by atoms with Gasteiger partial charge in [0, 0.05) is 29.5 Å². The van der Waals surface area contributed by atoms with E-state index < -0.39 is 33.2 Å². The predicted octanol–water partition coefficient (Wildman–Crippen LogP) is 3.66. The highest BCUT2D eigenvalue weighted by atomic mass is 16.6. The Bertz CT molecular complexity index is 1330. The quantitative estimate of drug-likeness (QED) is 0.218. The second-order valence-corrected chi connectivity index (χ2v) is 6.52. The lowest BCUT2D eigenvalue weighted by atomic mass is 9.89. The van der Waals surface area contributed by atoms with Crippen LogP contribution in [-0.4, -0.2) is 21.8 Å². The van der Waals surface area contributed by atoms with Gasteiger partial charge in [0.25, 0.3) is 5.69 Å². The van der Waals surface area contributed by atoms with E-state index in [2.05, 4.69) is 4.74 Å². The zero-order chi connectivity index (χ0) is 20.4. The molecule has 3 aromatic rings. The van der Waals surface area contributed by atoms with Crippen molar-refractivity contribution in [1.29, 1.82) is 0 Å². The van der Waals surface area contributed by atoms with Crippen LogP contribution in [0.2, 0.25) is 0 Å². The third kappa shape index (κ3) is 2.22. The summed E-state index contributed by atoms with van der Waals surface area (Å²) >= 11 is 0. The molecule has 5 rings (SSSR count). The maximum Gasteiger partial charge on any atom is 0.347 e. The van der Waals surface area contributed by atoms with Crippen molar-refractivity contribution in [1.82, 2.24) is 0 Å². The minimum atomic E-state index is -1.03. The number of nitro groups is 2. The first-order valence-electron chi connectivity index (χ1n) is 8.34. The van der Waals surface area contributed by atoms with E-state index in [9.17, 15) is 29.8 Å². The average Bonchev–Trinajstić information content (AvgIpc) is 2.98. The molecule has 0 fully saturated rings. The second kappa shape index (κ2) is 5.58. The van der Waals surface area contributed by atoms with E-state index in [0.29, 0.717) is 11.3 Å². The zero-order valence-electron chi connectivity index (χ0n) is 14.3. The molecule has 0 aromatic heterocycles. The van der Waals surface area contributed by atoms with Gasteiger partial charge in [-0.05, 0) is 11.6 Å². The number of carbonyl (C=O) groups is 2. The third-order valence-corrected chi connectivity index (χ3v) is 4.99. The Labute approximate surface area is 160 Å². The molecule has 2 aliphatic heterocycles. The standard InChI is InChI=1S/C19H8N2O8/c22-18-11-7-12(20(24)25)15-9(16(11)19(23)29-18)6-13(21(26)27)17-10(15)5-8-3-1-2-4-14(8)28-17/h1-4,6-7H,5H2. The molecule has 0 saturated carbocycles. The van der Waals surface area contributed by atoms with Gasteiger partial charge in [0.1, 0.15) is 5.75 Å². The number of para-hydroxylation sites is 1. The van der Waals surface area contributed by atoms with E-state index in [1.54, 1.807) is 24.3 Å². The molecule has 2 aliphatic rings. The molecule has 0 atom stereocenters. The van der Waals surface area contributed by atoms with Gasteiger partial charge in [-0.1, -0.05) is 18.2 Å². The number of carbonyl (C=O) groups excluding carboxylic acids is 2. The number of ether oxygens (including phenoxy) is 2. The summed E-state index contributed by atoms with van der Waals surface area (Å²) in [6.07, 6.45) is 0.117. The largest absolute Gasteiger partial charge is 0.449 e. The maximum absolute atomic E-state index is 12.2. The summed E-state index contributed by atoms with van der Waals surface area (Å²) in [6, 6.07) is 8.81. The van der Waals surface area contributed by atoms with E-state index in [1.807, 2.05) is 0 Å². The molecule has 0 radical (unpaired) electrons. The summed E-state index contributed by atoms with van der Waals surface area (Å²) in [7, 11) is 0. The Kier molecular flexibility index (Phi) is 3.23. The van der Waals surface area contributed by atoms with Gasteiger partial charge in [-0.2, -0.15) is 0 Å². The van der Waals surface area contributed by atoms with Gasteiger partial charge in [-0.25, -0.2) is 9.59 Å². The molecule has 29 heavy (non-hydrogen) atoms. The smallest absolute Gasteiger partial charge is 0.347 e. The molecule has 2 heterocycles. The van der Waals surface area contributed by atoms with Crippen molar-refractivity contribution in [2.24, 2.45) is 0 Å². The molecule has 0 spiro atoms. The SMILES string of the molecule is O=C1OC(=O)c2c1cc([N+](=O)[O-])c1c3c(c([N+](=O)[O-])cc21)Oc1ccccc1C3. The van der Waals surface area contributed by atoms with Crippen molar-refractivity contribution in [3.05, 3.63) is 78.9 Å². The van der Waals surface area contributed by atoms with Crippen LogP contribution in [0.15, 0.2) is 36.4 Å². The molecule has 3 aromatic carbocycles. The fourth-order valence-electron chi connectivity index (χ4n) is 3.80. The number of cyclic esters (lactones) is 2. The van der Waals surface area contributed by atoms with E-state index in [4.69, 9.17) is 4.74 Å². The first-order valence-corrected chi connectivity index (χ1v) is 8.34. The van der Waals surface area contributed by atoms with Crippen molar-refractivity contribution >= 4 is 34.1 Å². The van der Waals surface area contributed by atoms with E-state index in [-0.39, 0.29) is 39.6 Å². The first kappa shape index (κ1) is 16.8. The topological polar surface area (TPSA) is 139 Å². The van der Waals surface area contributed by atoms with Crippen LogP contribution in [0.4, 0.5) is 11.4 Å². The predicted molar refractivity (Wildman–Crippen MR) is 96.3 cm³/mol. The molecule has 142 valence electrons. The van der Waals surface area contributed by atoms with E-state index in [1.165, 1.54) is 0 Å². The van der Waals surface area contributed by atoms with Gasteiger partial charge in [-0.3, -0.25) is 20.2 Å². The van der Waals surface area contributed by atoms with Crippen molar-refractivity contribution in [3.63, 3.8) is 0 Å². The van der Waals surface area contributed by atoms with E-state index in [0.717, 1.165) is 12.1 Å². The Hall–Kier alpha value is -4.34. The minimum absolute atomic E-state index is 0.00973. The number of esters is 2. The number of rotatable bonds is 2. The minimum Gasteiger partial charge on any atom is -0.449 e. The molecule has 10 heteroatoms. The normalized spacial score (nSPS) is 13.9. The fraction of sp³-hybridized carbons (Fsp3) is 0.0526. The first-order chi connectivity index (χ1) is 13.9. The third-order valence-electron chi connectivity index (χ3n) is 4.99. The lowest BCUT2D eigenvalue weighted by Crippen LogP contribution is -2.09. The molecule has 0 bridgehead atoms. The summed E-state index contributed by atoms with van der Waals surface area (Å²) in [6.45, 7) is 0. The van der Waals surface area contributed by atoms with Crippen molar-refractivity contribution in [2.45, 2.75) is 6.42 Å². The van der Waals surface area contributed by atoms with Gasteiger partial charge in [0.05, 0.1) is 26.4 Å². The highest BCUT2D eigenvalue weighted by Crippen LogP contribution is 2.49. The van der Waals surface area contributed by atoms with Gasteiger partial charge in [-0.15, -0.1) is 0 Å². The molecular formula is C19H8N2O8. The van der Waals surface area contributed by atoms with Crippen LogP contribution >= 0.6 is 0 Å². The highest BCUT2D eigenvalue weighted by molar-refractivity contribution is 6.23. The zero-order valence-corrected chi connectivity index (χ0v) is 14.3. The van der Waals surface area contributed by atoms with Crippen LogP contribution in [0.25, 0.3) is 10.8 Å². The van der Waals surface area contributed by atoms with Crippen LogP contribution in [0, 0.1) is 20.2 Å². The lowest BCUT2D eigenvalue weighted by molar-refractivity contribution is -0.385. The van der Waals surface area contributed by atoms with Crippen molar-refractivity contribution in [2.75, 3.05) is 0 Å². The Morgan fingerprint density at radius 1 is 0.897 bits per heavy atom. The Morgan fingerprint density at radius 3 is 2.34 bits per heavy atom. The molecule has 0 saturated heterocycles. The van der Waals surface area contributed by atoms with Crippen LogP contribution in [-0.2, 0) is 11.2 Å². The van der Waals surface area contributed by atoms with Crippen LogP contribution in [0.5, 0.6) is 11.5 Å². The Balaban J connectivity index is 1.96. The van der Waals surface area contributed by atoms with Crippen LogP contribution < -0.4 is 4.74 Å². The molecule has 10 nitrogen and oxygen atoms in total. The summed E-state index contributed by atoms with van der Waals surface area (Å²) in [5.74, 6) is -1.75. The summed E-state index contributed by atoms with van der Waals surface area (Å²) < 4.78 is 10.3. The number of nitro benzene ring substituents is 2. The molecule has 0 N–H and O–H groups in total. The number of hydrogen-bond acceptors (Lipinski definition) is 8. The summed E-state index contributed by atoms with van der Waals surface area (Å²) in [5.41, 5.74) is -0.554. The number of non-ortho nitro benzene ring substituents is 1. The number of hydrogen-bond donors (Lipinski definition) is 0. The maximum atomic E-state index is 12.2. The van der Waals surface area contributed by atoms with Gasteiger partial charge < -0.3 is 9.47 Å². The van der Waals surface area contributed by atoms with Crippen molar-refractivity contribution < 1.29 is 28.9 Å². The van der Waals surface area contributed by atoms with Crippen LogP contribution in [0.1, 0.15) is 31.8 Å².